The van der Waals surface area contributed by atoms with Crippen LogP contribution in [0.3, 0.4) is 0 Å². The third-order valence-corrected chi connectivity index (χ3v) is 17.8. The standard InChI is InChI=1S/4C9H7N.4C6H7NO4.C6H13O5PS.C5H11O5P.C4H11O4PS.C4H11O4P/c4*1-2-6-9-8(4-1)5-3-7-10-9;4*1-4(8)11-7-5(9)2-3-6(7)10;1-10-6(13)4-2-3-5-11-12(7,8)9;1-5(6)3-2-4-10-11(7,8)9;1-10-4-2-3-8-9(5,6)7;1-2-3-4-8-9(5,6)7/h4*1-7H;4*2-3H2,1H3;2-5H2,1H3,(H2,7,8,9);2-4H2,1H3,(H2,7,8,9);2-4H2,1H3,(H2,5,6,7);2-4H2,1H3,(H2,5,6,7). The number of phosphoric ester groups is 4. The van der Waals surface area contributed by atoms with E-state index in [1.807, 2.05) is 135 Å². The van der Waals surface area contributed by atoms with Crippen LogP contribution >= 0.6 is 55.3 Å². The summed E-state index contributed by atoms with van der Waals surface area (Å²) in [5, 5.41) is 7.36. The maximum absolute atomic E-state index is 10.7. The van der Waals surface area contributed by atoms with E-state index in [2.05, 4.69) is 106 Å². The molecule has 0 atom stereocenters. The molecule has 8 amide bonds. The lowest BCUT2D eigenvalue weighted by Gasteiger charge is -2.09. The molecule has 4 saturated heterocycles. The van der Waals surface area contributed by atoms with E-state index in [1.54, 1.807) is 11.8 Å². The number of rotatable bonds is 24. The van der Waals surface area contributed by atoms with E-state index in [0.717, 1.165) is 61.9 Å². The number of methoxy groups -OCH3 is 1. The van der Waals surface area contributed by atoms with Gasteiger partial charge in [-0.05, 0) is 112 Å². The van der Waals surface area contributed by atoms with E-state index in [1.165, 1.54) is 35.6 Å². The number of thiocarbonyl (C=S) groups is 1. The van der Waals surface area contributed by atoms with Gasteiger partial charge >= 0.3 is 55.2 Å². The van der Waals surface area contributed by atoms with Crippen molar-refractivity contribution in [3.05, 3.63) is 170 Å². The number of hydrogen-bond acceptors (Lipinski definition) is 32. The number of carbonyl (C=O) groups is 13. The number of imide groups is 4. The van der Waals surface area contributed by atoms with Crippen LogP contribution in [-0.2, 0) is 123 Å². The first-order valence-corrected chi connectivity index (χ1v) is 45.9. The Bertz CT molecular complexity index is 4270. The predicted molar refractivity (Wildman–Crippen MR) is 462 cm³/mol. The number of aromatic nitrogens is 4. The van der Waals surface area contributed by atoms with Crippen LogP contribution in [0, 0.1) is 0 Å². The second-order valence-corrected chi connectivity index (χ2v) is 31.7. The monoisotopic (exact) mass is 1890 g/mol. The number of fused-ring (bicyclic) bond motifs is 4. The Morgan fingerprint density at radius 1 is 0.354 bits per heavy atom. The van der Waals surface area contributed by atoms with Gasteiger partial charge in [0.05, 0.1) is 55.6 Å². The van der Waals surface area contributed by atoms with Gasteiger partial charge < -0.3 is 68.0 Å². The molecule has 0 unspecified atom stereocenters. The van der Waals surface area contributed by atoms with E-state index in [0.29, 0.717) is 70.2 Å². The highest BCUT2D eigenvalue weighted by Gasteiger charge is 2.35. The van der Waals surface area contributed by atoms with Crippen molar-refractivity contribution in [2.24, 2.45) is 0 Å². The fourth-order valence-corrected chi connectivity index (χ4v) is 11.1. The highest BCUT2D eigenvalue weighted by atomic mass is 32.2. The predicted octanol–water partition coefficient (Wildman–Crippen LogP) is 10.8. The van der Waals surface area contributed by atoms with Gasteiger partial charge in [0.25, 0.3) is 47.3 Å². The molecule has 4 aliphatic rings. The van der Waals surface area contributed by atoms with Crippen molar-refractivity contribution in [1.82, 2.24) is 40.2 Å². The summed E-state index contributed by atoms with van der Waals surface area (Å²) in [5.74, 6) is -5.42. The number of unbranched alkanes of at least 4 members (excludes halogenated alkanes) is 2. The van der Waals surface area contributed by atoms with E-state index in [4.69, 9.17) is 56.1 Å². The molecule has 12 rings (SSSR count). The number of pyridine rings is 4. The summed E-state index contributed by atoms with van der Waals surface area (Å²) in [6, 6.07) is 48.3. The second kappa shape index (κ2) is 63.3. The Morgan fingerprint density at radius 3 is 0.795 bits per heavy atom. The van der Waals surface area contributed by atoms with Gasteiger partial charge in [-0.15, -0.1) is 20.3 Å². The first-order chi connectivity index (χ1) is 59.8. The van der Waals surface area contributed by atoms with Crippen molar-refractivity contribution < 1.29 is 162 Å². The number of ketones is 1. The highest BCUT2D eigenvalue weighted by molar-refractivity contribution is 7.98. The van der Waals surface area contributed by atoms with Crippen LogP contribution < -0.4 is 0 Å². The van der Waals surface area contributed by atoms with E-state index in [9.17, 15) is 80.6 Å². The van der Waals surface area contributed by atoms with E-state index >= 15 is 0 Å². The van der Waals surface area contributed by atoms with E-state index in [-0.39, 0.29) is 83.6 Å². The number of benzene rings is 4. The number of nitrogens with zero attached hydrogens (tertiary/aromatic N) is 8. The first-order valence-electron chi connectivity index (χ1n) is 38.0. The number of phosphoric acid groups is 4. The van der Waals surface area contributed by atoms with Crippen LogP contribution in [-0.4, -0.2) is 207 Å². The van der Waals surface area contributed by atoms with Crippen molar-refractivity contribution in [1.29, 1.82) is 0 Å². The molecule has 4 aromatic carbocycles. The molecule has 694 valence electrons. The molecule has 0 aliphatic carbocycles. The number of ether oxygens (including phenoxy) is 1. The minimum absolute atomic E-state index is 0.0145. The third kappa shape index (κ3) is 56.9. The molecule has 8 N–H and O–H groups in total. The highest BCUT2D eigenvalue weighted by Crippen LogP contribution is 2.38. The first kappa shape index (κ1) is 114. The van der Waals surface area contributed by atoms with Crippen molar-refractivity contribution >= 4 is 181 Å². The average Bonchev–Trinajstić information content (AvgIpc) is 1.79. The molecule has 48 heteroatoms. The molecule has 127 heavy (non-hydrogen) atoms. The molecule has 0 bridgehead atoms. The third-order valence-electron chi connectivity index (χ3n) is 14.7. The lowest BCUT2D eigenvalue weighted by Crippen LogP contribution is -2.30. The Hall–Kier alpha value is -10.7. The van der Waals surface area contributed by atoms with Gasteiger partial charge in [0, 0.05) is 138 Å². The molecule has 0 spiro atoms. The molecule has 4 fully saturated rings. The molecule has 8 aromatic rings. The SMILES string of the molecule is CC(=O)CCCOP(=O)(O)O.CC(=O)ON1C(=O)CCC1=O.CC(=O)ON1C(=O)CCC1=O.CC(=O)ON1C(=O)CCC1=O.CC(=O)ON1C(=O)CCC1=O.CCCCOP(=O)(O)O.COC(=S)CCCCOP(=O)(O)O.CSCCCOP(=O)(O)O.c1ccc2ncccc2c1.c1ccc2ncccc2c1.c1ccc2ncccc2c1.c1ccc2ncccc2c1. The average molecular weight is 1900 g/mol. The Balaban J connectivity index is 0.000000693. The number of hydroxylamine groups is 8. The largest absolute Gasteiger partial charge is 0.490 e. The zero-order valence-corrected chi connectivity index (χ0v) is 75.6. The minimum atomic E-state index is -4.34. The Morgan fingerprint density at radius 2 is 0.583 bits per heavy atom. The number of amides is 8. The summed E-state index contributed by atoms with van der Waals surface area (Å²) in [5.41, 5.74) is 4.24. The van der Waals surface area contributed by atoms with Crippen LogP contribution in [0.15, 0.2) is 170 Å². The molecule has 0 radical (unpaired) electrons. The molecule has 4 aliphatic heterocycles. The summed E-state index contributed by atoms with van der Waals surface area (Å²) in [6.07, 6.45) is 14.9. The summed E-state index contributed by atoms with van der Waals surface area (Å²) in [4.78, 5) is 237. The van der Waals surface area contributed by atoms with Crippen molar-refractivity contribution in [3.63, 3.8) is 0 Å². The Labute approximate surface area is 739 Å². The van der Waals surface area contributed by atoms with Crippen LogP contribution in [0.2, 0.25) is 0 Å². The summed E-state index contributed by atoms with van der Waals surface area (Å²) >= 11 is 6.38. The molecule has 8 heterocycles. The maximum atomic E-state index is 10.7. The van der Waals surface area contributed by atoms with Gasteiger partial charge in [-0.3, -0.25) is 76.4 Å². The minimum Gasteiger partial charge on any atom is -0.490 e. The van der Waals surface area contributed by atoms with Gasteiger partial charge in [-0.2, -0.15) is 11.8 Å². The normalized spacial score (nSPS) is 13.1. The summed E-state index contributed by atoms with van der Waals surface area (Å²) < 4.78 is 61.7. The van der Waals surface area contributed by atoms with Crippen LogP contribution in [0.1, 0.15) is 144 Å². The summed E-state index contributed by atoms with van der Waals surface area (Å²) in [6.45, 7) is 8.11. The lowest BCUT2D eigenvalue weighted by atomic mass is 10.2. The van der Waals surface area contributed by atoms with E-state index < -0.39 is 102 Å². The fourth-order valence-electron chi connectivity index (χ4n) is 9.09. The molecule has 0 saturated carbocycles. The smallest absolute Gasteiger partial charge is 0.469 e. The van der Waals surface area contributed by atoms with Gasteiger partial charge in [0.1, 0.15) is 5.78 Å². The van der Waals surface area contributed by atoms with Crippen molar-refractivity contribution in [2.45, 2.75) is 144 Å². The van der Waals surface area contributed by atoms with Gasteiger partial charge in [-0.1, -0.05) is 110 Å². The van der Waals surface area contributed by atoms with Crippen LogP contribution in [0.5, 0.6) is 0 Å². The number of para-hydroxylation sites is 4. The fraction of sp³-hybridized carbons (Fsp3) is 0.367. The number of Topliss-reactive ketones (excluding diaryl/α,β-unsaturated/α-hetero) is 1. The zero-order valence-electron chi connectivity index (χ0n) is 70.4. The molecule has 4 aromatic heterocycles. The van der Waals surface area contributed by atoms with Gasteiger partial charge in [0.15, 0.2) is 5.05 Å². The Kier molecular flexibility index (Phi) is 57.0. The summed E-state index contributed by atoms with van der Waals surface area (Å²) in [7, 11) is -15.6. The van der Waals surface area contributed by atoms with Gasteiger partial charge in [-0.25, -0.2) is 37.4 Å². The molecular weight excluding hydrogens is 1790 g/mol. The second-order valence-electron chi connectivity index (χ2n) is 25.3. The van der Waals surface area contributed by atoms with Gasteiger partial charge in [0.2, 0.25) is 0 Å². The van der Waals surface area contributed by atoms with Crippen LogP contribution in [0.25, 0.3) is 43.6 Å². The van der Waals surface area contributed by atoms with Crippen molar-refractivity contribution in [2.75, 3.05) is 45.5 Å². The van der Waals surface area contributed by atoms with Crippen molar-refractivity contribution in [3.8, 4) is 0 Å². The lowest BCUT2D eigenvalue weighted by molar-refractivity contribution is -0.195. The quantitative estimate of drug-likeness (QED) is 0.0121. The molecular formula is C79H102N8O34P4S2. The maximum Gasteiger partial charge on any atom is 0.469 e. The number of hydrogen-bond donors (Lipinski definition) is 8. The zero-order chi connectivity index (χ0) is 95.6. The topological polar surface area (TPSA) is 600 Å². The number of thioether (sulfide) groups is 1. The van der Waals surface area contributed by atoms with Crippen LogP contribution in [0.4, 0.5) is 0 Å². The number of carbonyl (C=O) groups excluding carboxylic acids is 13. The molecule has 42 nitrogen and oxygen atoms in total.